The minimum absolute atomic E-state index is 0.00138. The van der Waals surface area contributed by atoms with Crippen molar-refractivity contribution in [1.82, 2.24) is 25.1 Å². The zero-order chi connectivity index (χ0) is 18.8. The summed E-state index contributed by atoms with van der Waals surface area (Å²) in [5, 5.41) is 22.0. The number of carboxylic acids is 1. The molecular formula is C17H13N7O3. The highest BCUT2D eigenvalue weighted by molar-refractivity contribution is 6.03. The molecule has 10 heteroatoms. The monoisotopic (exact) mass is 363 g/mol. The molecule has 3 aromatic heterocycles. The van der Waals surface area contributed by atoms with Crippen LogP contribution >= 0.6 is 0 Å². The Labute approximate surface area is 151 Å². The van der Waals surface area contributed by atoms with Gasteiger partial charge >= 0.3 is 5.97 Å². The lowest BCUT2D eigenvalue weighted by Crippen LogP contribution is -2.12. The van der Waals surface area contributed by atoms with Crippen molar-refractivity contribution >= 4 is 40.2 Å². The Morgan fingerprint density at radius 1 is 1.04 bits per heavy atom. The molecule has 0 saturated carbocycles. The van der Waals surface area contributed by atoms with Crippen LogP contribution in [0.2, 0.25) is 0 Å². The molecule has 0 bridgehead atoms. The van der Waals surface area contributed by atoms with Gasteiger partial charge in [0.2, 0.25) is 0 Å². The van der Waals surface area contributed by atoms with Crippen LogP contribution in [0.15, 0.2) is 48.8 Å². The lowest BCUT2D eigenvalue weighted by molar-refractivity contribution is 0.0691. The molecular weight excluding hydrogens is 350 g/mol. The average Bonchev–Trinajstić information content (AvgIpc) is 3.30. The van der Waals surface area contributed by atoms with E-state index in [9.17, 15) is 9.59 Å². The minimum atomic E-state index is -1.10. The SMILES string of the molecule is O=C(O)c1cc2c(Nc3cc(C(=O)Nc4ccccc4)[nH]n3)ncnc2[nH]1. The normalized spacial score (nSPS) is 10.7. The van der Waals surface area contributed by atoms with Crippen LogP contribution in [-0.4, -0.2) is 42.1 Å². The van der Waals surface area contributed by atoms with Crippen LogP contribution in [0, 0.1) is 0 Å². The molecule has 0 atom stereocenters. The van der Waals surface area contributed by atoms with E-state index < -0.39 is 5.97 Å². The van der Waals surface area contributed by atoms with E-state index in [4.69, 9.17) is 5.11 Å². The number of fused-ring (bicyclic) bond motifs is 1. The zero-order valence-electron chi connectivity index (χ0n) is 13.7. The third-order valence-corrected chi connectivity index (χ3v) is 3.76. The van der Waals surface area contributed by atoms with Gasteiger partial charge in [-0.2, -0.15) is 5.10 Å². The Kier molecular flexibility index (Phi) is 3.97. The highest BCUT2D eigenvalue weighted by atomic mass is 16.4. The maximum absolute atomic E-state index is 12.3. The number of carboxylic acid groups (broad SMARTS) is 1. The second-order valence-electron chi connectivity index (χ2n) is 5.58. The van der Waals surface area contributed by atoms with Crippen molar-refractivity contribution in [3.8, 4) is 0 Å². The number of aromatic nitrogens is 5. The molecule has 10 nitrogen and oxygen atoms in total. The summed E-state index contributed by atoms with van der Waals surface area (Å²) in [4.78, 5) is 34.2. The smallest absolute Gasteiger partial charge is 0.352 e. The van der Waals surface area contributed by atoms with Crippen molar-refractivity contribution in [2.45, 2.75) is 0 Å². The highest BCUT2D eigenvalue weighted by Crippen LogP contribution is 2.23. The first-order valence-electron chi connectivity index (χ1n) is 7.86. The number of H-pyrrole nitrogens is 2. The molecule has 0 aliphatic carbocycles. The molecule has 3 heterocycles. The van der Waals surface area contributed by atoms with Crippen LogP contribution in [0.3, 0.4) is 0 Å². The number of amides is 1. The Morgan fingerprint density at radius 2 is 1.85 bits per heavy atom. The summed E-state index contributed by atoms with van der Waals surface area (Å²) in [6.07, 6.45) is 1.29. The van der Waals surface area contributed by atoms with Crippen molar-refractivity contribution in [3.05, 3.63) is 60.2 Å². The first kappa shape index (κ1) is 16.3. The van der Waals surface area contributed by atoms with Crippen molar-refractivity contribution in [2.24, 2.45) is 0 Å². The lowest BCUT2D eigenvalue weighted by Gasteiger charge is -2.02. The Balaban J connectivity index is 1.55. The molecule has 1 amide bonds. The number of nitrogens with zero attached hydrogens (tertiary/aromatic N) is 3. The number of anilines is 3. The van der Waals surface area contributed by atoms with E-state index in [1.54, 1.807) is 12.1 Å². The van der Waals surface area contributed by atoms with Gasteiger partial charge in [0.1, 0.15) is 29.2 Å². The molecule has 0 radical (unpaired) electrons. The standard InChI is InChI=1S/C17H13N7O3/c25-16(20-9-4-2-1-3-5-9)11-7-13(24-23-11)22-15-10-6-12(17(26)27)21-14(10)18-8-19-15/h1-8H,(H,20,25)(H,26,27)(H3,18,19,21,22,23,24). The fourth-order valence-corrected chi connectivity index (χ4v) is 2.50. The molecule has 5 N–H and O–H groups in total. The van der Waals surface area contributed by atoms with Gasteiger partial charge < -0.3 is 20.7 Å². The van der Waals surface area contributed by atoms with Crippen molar-refractivity contribution < 1.29 is 14.7 Å². The minimum Gasteiger partial charge on any atom is -0.477 e. The van der Waals surface area contributed by atoms with E-state index in [1.807, 2.05) is 18.2 Å². The number of para-hydroxylation sites is 1. The van der Waals surface area contributed by atoms with Gasteiger partial charge in [0.05, 0.1) is 5.39 Å². The molecule has 0 aliphatic heterocycles. The van der Waals surface area contributed by atoms with E-state index in [-0.39, 0.29) is 17.3 Å². The van der Waals surface area contributed by atoms with Gasteiger partial charge in [-0.25, -0.2) is 14.8 Å². The van der Waals surface area contributed by atoms with E-state index in [1.165, 1.54) is 18.5 Å². The number of hydrogen-bond donors (Lipinski definition) is 5. The second kappa shape index (κ2) is 6.59. The number of hydrogen-bond acceptors (Lipinski definition) is 6. The Hall–Kier alpha value is -4.21. The van der Waals surface area contributed by atoms with Crippen LogP contribution < -0.4 is 10.6 Å². The van der Waals surface area contributed by atoms with Crippen molar-refractivity contribution in [2.75, 3.05) is 10.6 Å². The van der Waals surface area contributed by atoms with Gasteiger partial charge in [-0.15, -0.1) is 0 Å². The molecule has 0 fully saturated rings. The number of aromatic amines is 2. The molecule has 0 aliphatic rings. The quantitative estimate of drug-likeness (QED) is 0.365. The molecule has 1 aromatic carbocycles. The predicted octanol–water partition coefficient (Wildman–Crippen LogP) is 2.38. The van der Waals surface area contributed by atoms with Gasteiger partial charge in [0.15, 0.2) is 5.82 Å². The first-order valence-corrected chi connectivity index (χ1v) is 7.86. The third kappa shape index (κ3) is 3.31. The summed E-state index contributed by atoms with van der Waals surface area (Å²) in [6, 6.07) is 12.0. The lowest BCUT2D eigenvalue weighted by atomic mass is 10.3. The second-order valence-corrected chi connectivity index (χ2v) is 5.58. The van der Waals surface area contributed by atoms with Crippen LogP contribution in [0.4, 0.5) is 17.3 Å². The van der Waals surface area contributed by atoms with E-state index in [0.29, 0.717) is 28.4 Å². The van der Waals surface area contributed by atoms with Crippen molar-refractivity contribution in [3.63, 3.8) is 0 Å². The third-order valence-electron chi connectivity index (χ3n) is 3.76. The fourth-order valence-electron chi connectivity index (χ4n) is 2.50. The molecule has 134 valence electrons. The van der Waals surface area contributed by atoms with Gasteiger partial charge in [-0.1, -0.05) is 18.2 Å². The van der Waals surface area contributed by atoms with Crippen LogP contribution in [-0.2, 0) is 0 Å². The van der Waals surface area contributed by atoms with E-state index >= 15 is 0 Å². The molecule has 4 rings (SSSR count). The number of rotatable bonds is 5. The van der Waals surface area contributed by atoms with Gasteiger partial charge in [0, 0.05) is 11.8 Å². The Morgan fingerprint density at radius 3 is 2.63 bits per heavy atom. The molecule has 27 heavy (non-hydrogen) atoms. The van der Waals surface area contributed by atoms with Gasteiger partial charge in [-0.3, -0.25) is 9.89 Å². The summed E-state index contributed by atoms with van der Waals surface area (Å²) in [5.74, 6) is -0.723. The highest BCUT2D eigenvalue weighted by Gasteiger charge is 2.14. The molecule has 0 unspecified atom stereocenters. The number of aromatic carboxylic acids is 1. The summed E-state index contributed by atoms with van der Waals surface area (Å²) >= 11 is 0. The predicted molar refractivity (Wildman–Crippen MR) is 97.1 cm³/mol. The number of carbonyl (C=O) groups excluding carboxylic acids is 1. The topological polar surface area (TPSA) is 149 Å². The molecule has 4 aromatic rings. The van der Waals surface area contributed by atoms with Crippen LogP contribution in [0.25, 0.3) is 11.0 Å². The van der Waals surface area contributed by atoms with Gasteiger partial charge in [0.25, 0.3) is 5.91 Å². The maximum atomic E-state index is 12.3. The van der Waals surface area contributed by atoms with Crippen LogP contribution in [0.5, 0.6) is 0 Å². The van der Waals surface area contributed by atoms with Gasteiger partial charge in [-0.05, 0) is 18.2 Å². The number of benzene rings is 1. The summed E-state index contributed by atoms with van der Waals surface area (Å²) in [5.41, 5.74) is 1.30. The average molecular weight is 363 g/mol. The van der Waals surface area contributed by atoms with Crippen LogP contribution in [0.1, 0.15) is 21.0 Å². The Bertz CT molecular complexity index is 1130. The molecule has 0 spiro atoms. The fraction of sp³-hybridized carbons (Fsp3) is 0. The maximum Gasteiger partial charge on any atom is 0.352 e. The first-order chi connectivity index (χ1) is 13.1. The zero-order valence-corrected chi connectivity index (χ0v) is 13.7. The van der Waals surface area contributed by atoms with Crippen molar-refractivity contribution in [1.29, 1.82) is 0 Å². The summed E-state index contributed by atoms with van der Waals surface area (Å²) < 4.78 is 0. The number of carbonyl (C=O) groups is 2. The largest absolute Gasteiger partial charge is 0.477 e. The summed E-state index contributed by atoms with van der Waals surface area (Å²) in [6.45, 7) is 0. The number of nitrogens with one attached hydrogen (secondary N) is 4. The van der Waals surface area contributed by atoms with E-state index in [2.05, 4.69) is 35.8 Å². The van der Waals surface area contributed by atoms with E-state index in [0.717, 1.165) is 0 Å². The summed E-state index contributed by atoms with van der Waals surface area (Å²) in [7, 11) is 0. The molecule has 0 saturated heterocycles.